The number of aromatic nitrogens is 1. The van der Waals surface area contributed by atoms with Gasteiger partial charge in [0.1, 0.15) is 12.4 Å². The molecule has 0 spiro atoms. The number of rotatable bonds is 9. The Bertz CT molecular complexity index is 957. The molecule has 2 aromatic carbocycles. The number of thiazole rings is 1. The first-order valence-corrected chi connectivity index (χ1v) is 10.2. The van der Waals surface area contributed by atoms with Crippen molar-refractivity contribution in [3.63, 3.8) is 0 Å². The van der Waals surface area contributed by atoms with Gasteiger partial charge in [-0.1, -0.05) is 36.4 Å². The molecule has 0 saturated heterocycles. The van der Waals surface area contributed by atoms with E-state index in [0.29, 0.717) is 24.5 Å². The first-order chi connectivity index (χ1) is 14.1. The minimum atomic E-state index is -0.321. The van der Waals surface area contributed by atoms with Gasteiger partial charge in [-0.15, -0.1) is 11.3 Å². The van der Waals surface area contributed by atoms with E-state index in [1.807, 2.05) is 42.6 Å². The zero-order chi connectivity index (χ0) is 20.5. The van der Waals surface area contributed by atoms with Crippen LogP contribution in [0, 0.1) is 6.92 Å². The smallest absolute Gasteiger partial charge is 0.251 e. The number of hydrogen-bond donors (Lipinski definition) is 2. The van der Waals surface area contributed by atoms with Crippen LogP contribution in [0.3, 0.4) is 0 Å². The van der Waals surface area contributed by atoms with E-state index < -0.39 is 0 Å². The lowest BCUT2D eigenvalue weighted by Crippen LogP contribution is -2.37. The number of nitrogens with zero attached hydrogens (tertiary/aromatic N) is 1. The summed E-state index contributed by atoms with van der Waals surface area (Å²) in [7, 11) is 0. The molecule has 150 valence electrons. The average Bonchev–Trinajstić information content (AvgIpc) is 3.16. The van der Waals surface area contributed by atoms with Gasteiger partial charge in [-0.3, -0.25) is 9.59 Å². The van der Waals surface area contributed by atoms with Crippen molar-refractivity contribution in [2.75, 3.05) is 13.1 Å². The molecule has 1 heterocycles. The lowest BCUT2D eigenvalue weighted by molar-refractivity contribution is -0.120. The van der Waals surface area contributed by atoms with Gasteiger partial charge < -0.3 is 15.4 Å². The normalized spacial score (nSPS) is 10.4. The van der Waals surface area contributed by atoms with Crippen LogP contribution >= 0.6 is 11.3 Å². The van der Waals surface area contributed by atoms with Crippen LogP contribution in [0.2, 0.25) is 0 Å². The summed E-state index contributed by atoms with van der Waals surface area (Å²) < 4.78 is 5.70. The Hall–Kier alpha value is -3.19. The molecule has 0 radical (unpaired) electrons. The van der Waals surface area contributed by atoms with Gasteiger partial charge in [0.15, 0.2) is 0 Å². The second-order valence-corrected chi connectivity index (χ2v) is 7.50. The fourth-order valence-corrected chi connectivity index (χ4v) is 3.27. The lowest BCUT2D eigenvalue weighted by Gasteiger charge is -2.09. The van der Waals surface area contributed by atoms with E-state index in [0.717, 1.165) is 22.7 Å². The Kier molecular flexibility index (Phi) is 7.35. The molecule has 0 saturated carbocycles. The van der Waals surface area contributed by atoms with Gasteiger partial charge in [0.2, 0.25) is 5.91 Å². The Balaban J connectivity index is 1.42. The largest absolute Gasteiger partial charge is 0.487 e. The van der Waals surface area contributed by atoms with Crippen molar-refractivity contribution in [1.82, 2.24) is 15.6 Å². The third-order valence-electron chi connectivity index (χ3n) is 4.14. The maximum absolute atomic E-state index is 12.3. The monoisotopic (exact) mass is 409 g/mol. The van der Waals surface area contributed by atoms with E-state index >= 15 is 0 Å². The highest BCUT2D eigenvalue weighted by Gasteiger charge is 2.09. The molecule has 6 nitrogen and oxygen atoms in total. The number of carbonyl (C=O) groups is 2. The summed E-state index contributed by atoms with van der Waals surface area (Å²) in [6.07, 6.45) is 0.748. The highest BCUT2D eigenvalue weighted by Crippen LogP contribution is 2.16. The summed E-state index contributed by atoms with van der Waals surface area (Å²) >= 11 is 1.57. The van der Waals surface area contributed by atoms with Crippen molar-refractivity contribution in [1.29, 1.82) is 0 Å². The predicted molar refractivity (Wildman–Crippen MR) is 113 cm³/mol. The zero-order valence-corrected chi connectivity index (χ0v) is 17.0. The third-order valence-corrected chi connectivity index (χ3v) is 4.96. The SMILES string of the molecule is Cc1nc(COc2cccc(C(=O)NCC(=O)NCCc3ccccc3)c2)cs1. The predicted octanol–water partition coefficient (Wildman–Crippen LogP) is 3.12. The summed E-state index contributed by atoms with van der Waals surface area (Å²) in [5, 5.41) is 8.37. The minimum absolute atomic E-state index is 0.0726. The molecular formula is C22H23N3O3S. The summed E-state index contributed by atoms with van der Waals surface area (Å²) in [4.78, 5) is 28.6. The third kappa shape index (κ3) is 6.73. The Morgan fingerprint density at radius 2 is 1.90 bits per heavy atom. The Morgan fingerprint density at radius 1 is 1.07 bits per heavy atom. The molecule has 29 heavy (non-hydrogen) atoms. The zero-order valence-electron chi connectivity index (χ0n) is 16.2. The number of benzene rings is 2. The molecule has 2 amide bonds. The van der Waals surface area contributed by atoms with Gasteiger partial charge >= 0.3 is 0 Å². The molecule has 0 aliphatic heterocycles. The number of carbonyl (C=O) groups excluding carboxylic acids is 2. The summed E-state index contributed by atoms with van der Waals surface area (Å²) in [6, 6.07) is 16.8. The highest BCUT2D eigenvalue weighted by atomic mass is 32.1. The van der Waals surface area contributed by atoms with Gasteiger partial charge in [-0.2, -0.15) is 0 Å². The van der Waals surface area contributed by atoms with Crippen LogP contribution in [0.5, 0.6) is 5.75 Å². The fraction of sp³-hybridized carbons (Fsp3) is 0.227. The minimum Gasteiger partial charge on any atom is -0.487 e. The number of ether oxygens (including phenoxy) is 1. The summed E-state index contributed by atoms with van der Waals surface area (Å²) in [5.41, 5.74) is 2.45. The van der Waals surface area contributed by atoms with Crippen LogP contribution in [0.15, 0.2) is 60.0 Å². The topological polar surface area (TPSA) is 80.3 Å². The van der Waals surface area contributed by atoms with Gasteiger partial charge in [0.05, 0.1) is 17.2 Å². The van der Waals surface area contributed by atoms with E-state index in [4.69, 9.17) is 4.74 Å². The van der Waals surface area contributed by atoms with Crippen LogP contribution in [0.4, 0.5) is 0 Å². The molecule has 0 aliphatic rings. The molecule has 0 fully saturated rings. The van der Waals surface area contributed by atoms with Crippen molar-refractivity contribution in [3.8, 4) is 5.75 Å². The van der Waals surface area contributed by atoms with E-state index in [1.54, 1.807) is 35.6 Å². The van der Waals surface area contributed by atoms with Gasteiger partial charge in [-0.05, 0) is 37.1 Å². The maximum Gasteiger partial charge on any atom is 0.251 e. The quantitative estimate of drug-likeness (QED) is 0.569. The van der Waals surface area contributed by atoms with Crippen LogP contribution in [-0.2, 0) is 17.8 Å². The van der Waals surface area contributed by atoms with Crippen molar-refractivity contribution in [3.05, 3.63) is 81.8 Å². The molecule has 1 aromatic heterocycles. The second-order valence-electron chi connectivity index (χ2n) is 6.44. The number of hydrogen-bond acceptors (Lipinski definition) is 5. The summed E-state index contributed by atoms with van der Waals surface area (Å²) in [6.45, 7) is 2.74. The standard InChI is InChI=1S/C22H23N3O3S/c1-16-25-19(15-29-16)14-28-20-9-5-8-18(12-20)22(27)24-13-21(26)23-11-10-17-6-3-2-4-7-17/h2-9,12,15H,10-11,13-14H2,1H3,(H,23,26)(H,24,27). The van der Waals surface area contributed by atoms with Crippen molar-refractivity contribution >= 4 is 23.2 Å². The maximum atomic E-state index is 12.3. The van der Waals surface area contributed by atoms with Gasteiger partial charge in [-0.25, -0.2) is 4.98 Å². The summed E-state index contributed by atoms with van der Waals surface area (Å²) in [5.74, 6) is 0.0364. The van der Waals surface area contributed by atoms with E-state index in [1.165, 1.54) is 0 Å². The first kappa shape index (κ1) is 20.5. The Morgan fingerprint density at radius 3 is 2.66 bits per heavy atom. The molecule has 0 unspecified atom stereocenters. The number of aryl methyl sites for hydroxylation is 1. The van der Waals surface area contributed by atoms with Gasteiger partial charge in [0.25, 0.3) is 5.91 Å². The molecule has 2 N–H and O–H groups in total. The van der Waals surface area contributed by atoms with Crippen molar-refractivity contribution < 1.29 is 14.3 Å². The molecule has 7 heteroatoms. The molecular weight excluding hydrogens is 386 g/mol. The van der Waals surface area contributed by atoms with E-state index in [-0.39, 0.29) is 18.4 Å². The van der Waals surface area contributed by atoms with Crippen LogP contribution in [0.25, 0.3) is 0 Å². The first-order valence-electron chi connectivity index (χ1n) is 9.33. The average molecular weight is 410 g/mol. The van der Waals surface area contributed by atoms with Crippen molar-refractivity contribution in [2.24, 2.45) is 0 Å². The number of amides is 2. The van der Waals surface area contributed by atoms with Crippen molar-refractivity contribution in [2.45, 2.75) is 20.0 Å². The molecule has 3 rings (SSSR count). The molecule has 0 bridgehead atoms. The van der Waals surface area contributed by atoms with Crippen LogP contribution in [-0.4, -0.2) is 29.9 Å². The molecule has 0 atom stereocenters. The van der Waals surface area contributed by atoms with Gasteiger partial charge in [0, 0.05) is 17.5 Å². The Labute approximate surface area is 173 Å². The van der Waals surface area contributed by atoms with Crippen LogP contribution < -0.4 is 15.4 Å². The second kappa shape index (κ2) is 10.4. The lowest BCUT2D eigenvalue weighted by atomic mass is 10.1. The fourth-order valence-electron chi connectivity index (χ4n) is 2.67. The van der Waals surface area contributed by atoms with E-state index in [2.05, 4.69) is 15.6 Å². The molecule has 0 aliphatic carbocycles. The van der Waals surface area contributed by atoms with Crippen LogP contribution in [0.1, 0.15) is 26.6 Å². The molecule has 3 aromatic rings. The van der Waals surface area contributed by atoms with E-state index in [9.17, 15) is 9.59 Å². The highest BCUT2D eigenvalue weighted by molar-refractivity contribution is 7.09. The number of nitrogens with one attached hydrogen (secondary N) is 2.